The standard InChI is InChI=1S/C22H27ClN4O3/c1-4-6-11-24-22(29)27(14-17-8-7-12-30-17)15(3)20-25-19-10-9-16(23)13-18(19)21(28)26(20)5-2/h7-10,12-13,15H,4-6,11,14H2,1-3H3,(H,24,29). The van der Waals surface area contributed by atoms with Crippen molar-refractivity contribution in [1.82, 2.24) is 19.8 Å². The molecular weight excluding hydrogens is 404 g/mol. The summed E-state index contributed by atoms with van der Waals surface area (Å²) in [6.07, 6.45) is 3.45. The molecule has 0 aliphatic rings. The van der Waals surface area contributed by atoms with Crippen molar-refractivity contribution in [3.05, 3.63) is 63.6 Å². The number of benzene rings is 1. The van der Waals surface area contributed by atoms with Crippen LogP contribution in [0.1, 0.15) is 51.2 Å². The smallest absolute Gasteiger partial charge is 0.318 e. The molecule has 0 spiro atoms. The lowest BCUT2D eigenvalue weighted by Gasteiger charge is -2.30. The Labute approximate surface area is 180 Å². The van der Waals surface area contributed by atoms with Gasteiger partial charge in [0.2, 0.25) is 0 Å². The fraction of sp³-hybridized carbons (Fsp3) is 0.409. The van der Waals surface area contributed by atoms with E-state index in [4.69, 9.17) is 21.0 Å². The van der Waals surface area contributed by atoms with E-state index < -0.39 is 6.04 Å². The summed E-state index contributed by atoms with van der Waals surface area (Å²) in [5.74, 6) is 1.18. The van der Waals surface area contributed by atoms with Gasteiger partial charge < -0.3 is 14.6 Å². The zero-order chi connectivity index (χ0) is 21.7. The molecule has 0 aliphatic heterocycles. The number of hydrogen-bond acceptors (Lipinski definition) is 4. The van der Waals surface area contributed by atoms with Gasteiger partial charge in [0.1, 0.15) is 11.6 Å². The molecule has 0 saturated heterocycles. The second-order valence-corrected chi connectivity index (χ2v) is 7.59. The largest absolute Gasteiger partial charge is 0.467 e. The number of carbonyl (C=O) groups excluding carboxylic acids is 1. The van der Waals surface area contributed by atoms with Crippen LogP contribution in [0.3, 0.4) is 0 Å². The van der Waals surface area contributed by atoms with Crippen molar-refractivity contribution < 1.29 is 9.21 Å². The van der Waals surface area contributed by atoms with Crippen LogP contribution < -0.4 is 10.9 Å². The second kappa shape index (κ2) is 9.80. The zero-order valence-electron chi connectivity index (χ0n) is 17.5. The van der Waals surface area contributed by atoms with Crippen molar-refractivity contribution in [3.63, 3.8) is 0 Å². The fourth-order valence-corrected chi connectivity index (χ4v) is 3.57. The summed E-state index contributed by atoms with van der Waals surface area (Å²) >= 11 is 6.07. The first-order valence-electron chi connectivity index (χ1n) is 10.2. The van der Waals surface area contributed by atoms with Crippen LogP contribution in [0.5, 0.6) is 0 Å². The van der Waals surface area contributed by atoms with E-state index >= 15 is 0 Å². The third-order valence-electron chi connectivity index (χ3n) is 5.08. The molecule has 0 bridgehead atoms. The molecule has 3 rings (SSSR count). The molecule has 0 saturated carbocycles. The highest BCUT2D eigenvalue weighted by Gasteiger charge is 2.27. The molecule has 3 aromatic rings. The Morgan fingerprint density at radius 1 is 1.33 bits per heavy atom. The van der Waals surface area contributed by atoms with Crippen molar-refractivity contribution >= 4 is 28.5 Å². The van der Waals surface area contributed by atoms with Gasteiger partial charge in [-0.2, -0.15) is 0 Å². The van der Waals surface area contributed by atoms with E-state index in [1.54, 1.807) is 40.0 Å². The number of carbonyl (C=O) groups is 1. The maximum absolute atomic E-state index is 13.1. The van der Waals surface area contributed by atoms with Crippen LogP contribution in [0.25, 0.3) is 10.9 Å². The molecule has 7 nitrogen and oxygen atoms in total. The molecule has 1 atom stereocenters. The molecule has 0 aliphatic carbocycles. The van der Waals surface area contributed by atoms with Crippen LogP contribution >= 0.6 is 11.6 Å². The maximum atomic E-state index is 13.1. The summed E-state index contributed by atoms with van der Waals surface area (Å²) in [5.41, 5.74) is 0.386. The number of fused-ring (bicyclic) bond motifs is 1. The van der Waals surface area contributed by atoms with Gasteiger partial charge in [-0.25, -0.2) is 9.78 Å². The highest BCUT2D eigenvalue weighted by atomic mass is 35.5. The van der Waals surface area contributed by atoms with Crippen LogP contribution in [-0.4, -0.2) is 27.0 Å². The van der Waals surface area contributed by atoms with Crippen LogP contribution in [0.2, 0.25) is 5.02 Å². The van der Waals surface area contributed by atoms with Crippen LogP contribution in [0.4, 0.5) is 4.79 Å². The normalized spacial score (nSPS) is 12.1. The third-order valence-corrected chi connectivity index (χ3v) is 5.31. The topological polar surface area (TPSA) is 80.4 Å². The Morgan fingerprint density at radius 2 is 2.13 bits per heavy atom. The van der Waals surface area contributed by atoms with Gasteiger partial charge in [-0.05, 0) is 50.6 Å². The average Bonchev–Trinajstić information content (AvgIpc) is 3.25. The fourth-order valence-electron chi connectivity index (χ4n) is 3.40. The third kappa shape index (κ3) is 4.67. The quantitative estimate of drug-likeness (QED) is 0.523. The monoisotopic (exact) mass is 430 g/mol. The molecule has 2 amide bonds. The number of unbranched alkanes of at least 4 members (excludes halogenated alkanes) is 1. The average molecular weight is 431 g/mol. The van der Waals surface area contributed by atoms with E-state index in [9.17, 15) is 9.59 Å². The number of nitrogens with zero attached hydrogens (tertiary/aromatic N) is 3. The minimum absolute atomic E-state index is 0.170. The minimum atomic E-state index is -0.454. The molecule has 1 unspecified atom stereocenters. The Morgan fingerprint density at radius 3 is 2.80 bits per heavy atom. The molecular formula is C22H27ClN4O3. The van der Waals surface area contributed by atoms with Crippen molar-refractivity contribution in [2.24, 2.45) is 0 Å². The molecule has 30 heavy (non-hydrogen) atoms. The van der Waals surface area contributed by atoms with Gasteiger partial charge >= 0.3 is 6.03 Å². The van der Waals surface area contributed by atoms with Gasteiger partial charge in [-0.3, -0.25) is 9.36 Å². The van der Waals surface area contributed by atoms with Gasteiger partial charge in [-0.15, -0.1) is 0 Å². The second-order valence-electron chi connectivity index (χ2n) is 7.15. The Bertz CT molecular complexity index is 1060. The predicted octanol–water partition coefficient (Wildman–Crippen LogP) is 4.74. The Balaban J connectivity index is 2.03. The van der Waals surface area contributed by atoms with Crippen molar-refractivity contribution in [2.45, 2.75) is 52.7 Å². The van der Waals surface area contributed by atoms with Gasteiger partial charge in [-0.1, -0.05) is 24.9 Å². The first kappa shape index (κ1) is 21.9. The Hall–Kier alpha value is -2.80. The van der Waals surface area contributed by atoms with Gasteiger partial charge in [0, 0.05) is 18.1 Å². The minimum Gasteiger partial charge on any atom is -0.467 e. The number of furan rings is 1. The summed E-state index contributed by atoms with van der Waals surface area (Å²) in [4.78, 5) is 32.4. The molecule has 2 heterocycles. The molecule has 8 heteroatoms. The van der Waals surface area contributed by atoms with E-state index in [1.165, 1.54) is 0 Å². The van der Waals surface area contributed by atoms with Crippen LogP contribution in [0.15, 0.2) is 45.8 Å². The lowest BCUT2D eigenvalue weighted by Crippen LogP contribution is -2.43. The summed E-state index contributed by atoms with van der Waals surface area (Å²) in [5, 5.41) is 3.91. The molecule has 0 radical (unpaired) electrons. The summed E-state index contributed by atoms with van der Waals surface area (Å²) in [6.45, 7) is 7.11. The van der Waals surface area contributed by atoms with E-state index in [-0.39, 0.29) is 18.1 Å². The molecule has 160 valence electrons. The van der Waals surface area contributed by atoms with E-state index in [1.807, 2.05) is 19.9 Å². The SMILES string of the molecule is CCCCNC(=O)N(Cc1ccco1)C(C)c1nc2ccc(Cl)cc2c(=O)n1CC. The number of urea groups is 1. The number of hydrogen-bond donors (Lipinski definition) is 1. The molecule has 2 aromatic heterocycles. The lowest BCUT2D eigenvalue weighted by atomic mass is 10.2. The molecule has 0 fully saturated rings. The van der Waals surface area contributed by atoms with Crippen molar-refractivity contribution in [1.29, 1.82) is 0 Å². The van der Waals surface area contributed by atoms with Gasteiger partial charge in [0.25, 0.3) is 5.56 Å². The molecule has 1 N–H and O–H groups in total. The number of amides is 2. The summed E-state index contributed by atoms with van der Waals surface area (Å²) in [7, 11) is 0. The highest BCUT2D eigenvalue weighted by molar-refractivity contribution is 6.31. The Kier molecular flexibility index (Phi) is 7.15. The number of aromatic nitrogens is 2. The van der Waals surface area contributed by atoms with Crippen LogP contribution in [0, 0.1) is 0 Å². The summed E-state index contributed by atoms with van der Waals surface area (Å²) < 4.78 is 7.06. The van der Waals surface area contributed by atoms with Crippen molar-refractivity contribution in [2.75, 3.05) is 6.54 Å². The first-order chi connectivity index (χ1) is 14.5. The van der Waals surface area contributed by atoms with E-state index in [0.29, 0.717) is 40.6 Å². The maximum Gasteiger partial charge on any atom is 0.318 e. The number of rotatable bonds is 8. The lowest BCUT2D eigenvalue weighted by molar-refractivity contribution is 0.164. The van der Waals surface area contributed by atoms with E-state index in [0.717, 1.165) is 12.8 Å². The van der Waals surface area contributed by atoms with Crippen LogP contribution in [-0.2, 0) is 13.1 Å². The van der Waals surface area contributed by atoms with E-state index in [2.05, 4.69) is 12.2 Å². The number of nitrogens with one attached hydrogen (secondary N) is 1. The zero-order valence-corrected chi connectivity index (χ0v) is 18.3. The number of halogens is 1. The van der Waals surface area contributed by atoms with Gasteiger partial charge in [0.15, 0.2) is 0 Å². The van der Waals surface area contributed by atoms with Crippen molar-refractivity contribution in [3.8, 4) is 0 Å². The van der Waals surface area contributed by atoms with Gasteiger partial charge in [0.05, 0.1) is 29.8 Å². The highest BCUT2D eigenvalue weighted by Crippen LogP contribution is 2.23. The molecule has 1 aromatic carbocycles. The first-order valence-corrected chi connectivity index (χ1v) is 10.6. The summed E-state index contributed by atoms with van der Waals surface area (Å²) in [6, 6.07) is 8.00. The predicted molar refractivity (Wildman–Crippen MR) is 118 cm³/mol.